The zero-order valence-electron chi connectivity index (χ0n) is 9.47. The van der Waals surface area contributed by atoms with E-state index in [9.17, 15) is 18.0 Å². The van der Waals surface area contributed by atoms with Crippen molar-refractivity contribution in [1.29, 1.82) is 0 Å². The molecule has 96 valence electrons. The second-order valence-electron chi connectivity index (χ2n) is 4.07. The van der Waals surface area contributed by atoms with E-state index in [0.717, 1.165) is 0 Å². The average Bonchev–Trinajstić information content (AvgIpc) is 2.13. The minimum absolute atomic E-state index is 0.248. The highest BCUT2D eigenvalue weighted by molar-refractivity contribution is 5.69. The molecule has 0 rings (SSSR count). The molecule has 0 aliphatic rings. The van der Waals surface area contributed by atoms with Crippen molar-refractivity contribution < 1.29 is 23.1 Å². The van der Waals surface area contributed by atoms with Gasteiger partial charge in [-0.1, -0.05) is 13.3 Å². The molecule has 0 fully saturated rings. The fourth-order valence-electron chi connectivity index (χ4n) is 1.25. The molecule has 6 heteroatoms. The maximum absolute atomic E-state index is 11.8. The molecule has 0 aromatic carbocycles. The first-order valence-corrected chi connectivity index (χ1v) is 5.25. The van der Waals surface area contributed by atoms with Gasteiger partial charge < -0.3 is 10.4 Å². The number of carboxylic acids is 1. The van der Waals surface area contributed by atoms with Crippen LogP contribution in [0.2, 0.25) is 0 Å². The summed E-state index contributed by atoms with van der Waals surface area (Å²) in [5, 5.41) is 10.9. The van der Waals surface area contributed by atoms with Crippen LogP contribution < -0.4 is 5.32 Å². The molecule has 3 nitrogen and oxygen atoms in total. The molecular weight excluding hydrogens is 223 g/mol. The summed E-state index contributed by atoms with van der Waals surface area (Å²) < 4.78 is 35.5. The van der Waals surface area contributed by atoms with Gasteiger partial charge in [0.1, 0.15) is 0 Å². The summed E-state index contributed by atoms with van der Waals surface area (Å²) in [6.07, 6.45) is -2.54. The van der Waals surface area contributed by atoms with Crippen molar-refractivity contribution >= 4 is 5.97 Å². The molecule has 16 heavy (non-hydrogen) atoms. The summed E-state index contributed by atoms with van der Waals surface area (Å²) in [5.41, 5.74) is 0. The Morgan fingerprint density at radius 3 is 2.31 bits per heavy atom. The van der Waals surface area contributed by atoms with Gasteiger partial charge in [-0.15, -0.1) is 0 Å². The first-order chi connectivity index (χ1) is 7.22. The van der Waals surface area contributed by atoms with Crippen LogP contribution in [-0.4, -0.2) is 29.8 Å². The molecule has 0 saturated heterocycles. The van der Waals surface area contributed by atoms with Crippen LogP contribution in [0.3, 0.4) is 0 Å². The van der Waals surface area contributed by atoms with Crippen molar-refractivity contribution in [2.45, 2.75) is 45.3 Å². The average molecular weight is 241 g/mol. The Balaban J connectivity index is 3.58. The van der Waals surface area contributed by atoms with Crippen molar-refractivity contribution in [2.24, 2.45) is 5.92 Å². The maximum Gasteiger partial charge on any atom is 0.401 e. The minimum Gasteiger partial charge on any atom is -0.481 e. The Hall–Kier alpha value is -0.780. The largest absolute Gasteiger partial charge is 0.481 e. The number of alkyl halides is 3. The van der Waals surface area contributed by atoms with E-state index in [1.807, 2.05) is 0 Å². The fraction of sp³-hybridized carbons (Fsp3) is 0.900. The molecule has 0 aromatic rings. The molecule has 0 spiro atoms. The van der Waals surface area contributed by atoms with E-state index in [0.29, 0.717) is 19.3 Å². The lowest BCUT2D eigenvalue weighted by Crippen LogP contribution is -2.35. The van der Waals surface area contributed by atoms with E-state index in [-0.39, 0.29) is 6.04 Å². The van der Waals surface area contributed by atoms with Gasteiger partial charge in [-0.2, -0.15) is 13.2 Å². The number of aliphatic carboxylic acids is 1. The van der Waals surface area contributed by atoms with Gasteiger partial charge in [0.25, 0.3) is 0 Å². The van der Waals surface area contributed by atoms with Gasteiger partial charge in [-0.25, -0.2) is 0 Å². The summed E-state index contributed by atoms with van der Waals surface area (Å²) in [4.78, 5) is 10.5. The van der Waals surface area contributed by atoms with Gasteiger partial charge in [0.2, 0.25) is 0 Å². The number of halogens is 3. The van der Waals surface area contributed by atoms with Crippen LogP contribution in [0.1, 0.15) is 33.1 Å². The van der Waals surface area contributed by atoms with E-state index in [4.69, 9.17) is 5.11 Å². The van der Waals surface area contributed by atoms with Crippen LogP contribution in [0.4, 0.5) is 13.2 Å². The molecule has 0 aliphatic carbocycles. The monoisotopic (exact) mass is 241 g/mol. The summed E-state index contributed by atoms with van der Waals surface area (Å²) in [6.45, 7) is 2.26. The highest BCUT2D eigenvalue weighted by Gasteiger charge is 2.27. The van der Waals surface area contributed by atoms with Gasteiger partial charge in [0.05, 0.1) is 12.5 Å². The zero-order chi connectivity index (χ0) is 12.8. The predicted octanol–water partition coefficient (Wildman–Crippen LogP) is 2.42. The smallest absolute Gasteiger partial charge is 0.401 e. The van der Waals surface area contributed by atoms with Crippen LogP contribution in [0.5, 0.6) is 0 Å². The SMILES string of the molecule is CC(CCCC(C)C(=O)O)NCC(F)(F)F. The minimum atomic E-state index is -4.19. The van der Waals surface area contributed by atoms with Crippen LogP contribution in [-0.2, 0) is 4.79 Å². The number of nitrogens with one attached hydrogen (secondary N) is 1. The van der Waals surface area contributed by atoms with E-state index < -0.39 is 24.6 Å². The van der Waals surface area contributed by atoms with Crippen LogP contribution in [0.25, 0.3) is 0 Å². The maximum atomic E-state index is 11.8. The van der Waals surface area contributed by atoms with Gasteiger partial charge in [-0.05, 0) is 19.8 Å². The Morgan fingerprint density at radius 2 is 1.88 bits per heavy atom. The number of hydrogen-bond donors (Lipinski definition) is 2. The molecule has 0 radical (unpaired) electrons. The van der Waals surface area contributed by atoms with Gasteiger partial charge in [-0.3, -0.25) is 4.79 Å². The fourth-order valence-corrected chi connectivity index (χ4v) is 1.25. The van der Waals surface area contributed by atoms with E-state index in [1.54, 1.807) is 13.8 Å². The molecular formula is C10H18F3NO2. The van der Waals surface area contributed by atoms with E-state index >= 15 is 0 Å². The first kappa shape index (κ1) is 15.2. The Bertz CT molecular complexity index is 219. The summed E-state index contributed by atoms with van der Waals surface area (Å²) in [7, 11) is 0. The third-order valence-corrected chi connectivity index (χ3v) is 2.35. The Labute approximate surface area is 93.0 Å². The van der Waals surface area contributed by atoms with Crippen molar-refractivity contribution in [1.82, 2.24) is 5.32 Å². The number of hydrogen-bond acceptors (Lipinski definition) is 2. The number of rotatable bonds is 7. The molecule has 0 amide bonds. The standard InChI is InChI=1S/C10H18F3NO2/c1-7(9(15)16)4-3-5-8(2)14-6-10(11,12)13/h7-8,14H,3-6H2,1-2H3,(H,15,16). The van der Waals surface area contributed by atoms with Gasteiger partial charge >= 0.3 is 12.1 Å². The third kappa shape index (κ3) is 8.52. The first-order valence-electron chi connectivity index (χ1n) is 5.25. The lowest BCUT2D eigenvalue weighted by Gasteiger charge is -2.15. The van der Waals surface area contributed by atoms with Crippen molar-refractivity contribution in [3.05, 3.63) is 0 Å². The molecule has 2 N–H and O–H groups in total. The van der Waals surface area contributed by atoms with Crippen LogP contribution in [0.15, 0.2) is 0 Å². The zero-order valence-corrected chi connectivity index (χ0v) is 9.47. The summed E-state index contributed by atoms with van der Waals surface area (Å²) >= 11 is 0. The molecule has 0 aromatic heterocycles. The Morgan fingerprint density at radius 1 is 1.31 bits per heavy atom. The highest BCUT2D eigenvalue weighted by atomic mass is 19.4. The van der Waals surface area contributed by atoms with Crippen molar-refractivity contribution in [2.75, 3.05) is 6.54 Å². The normalized spacial score (nSPS) is 15.8. The molecule has 0 saturated carbocycles. The lowest BCUT2D eigenvalue weighted by atomic mass is 10.0. The lowest BCUT2D eigenvalue weighted by molar-refractivity contribution is -0.141. The molecule has 0 bridgehead atoms. The summed E-state index contributed by atoms with van der Waals surface area (Å²) in [6, 6.07) is -0.248. The number of carbonyl (C=O) groups is 1. The van der Waals surface area contributed by atoms with E-state index in [1.165, 1.54) is 0 Å². The van der Waals surface area contributed by atoms with E-state index in [2.05, 4.69) is 5.32 Å². The molecule has 2 unspecified atom stereocenters. The molecule has 2 atom stereocenters. The second kappa shape index (κ2) is 6.73. The summed E-state index contributed by atoms with van der Waals surface area (Å²) in [5.74, 6) is -1.30. The van der Waals surface area contributed by atoms with Crippen molar-refractivity contribution in [3.63, 3.8) is 0 Å². The number of carboxylic acid groups (broad SMARTS) is 1. The van der Waals surface area contributed by atoms with Crippen LogP contribution in [0, 0.1) is 5.92 Å². The quantitative estimate of drug-likeness (QED) is 0.719. The van der Waals surface area contributed by atoms with Gasteiger partial charge in [0.15, 0.2) is 0 Å². The van der Waals surface area contributed by atoms with Crippen LogP contribution >= 0.6 is 0 Å². The molecule has 0 heterocycles. The highest BCUT2D eigenvalue weighted by Crippen LogP contribution is 2.14. The predicted molar refractivity (Wildman–Crippen MR) is 54.2 cm³/mol. The second-order valence-corrected chi connectivity index (χ2v) is 4.07. The Kier molecular flexibility index (Phi) is 6.40. The van der Waals surface area contributed by atoms with Gasteiger partial charge in [0, 0.05) is 6.04 Å². The molecule has 0 aliphatic heterocycles. The van der Waals surface area contributed by atoms with Crippen molar-refractivity contribution in [3.8, 4) is 0 Å². The third-order valence-electron chi connectivity index (χ3n) is 2.35. The topological polar surface area (TPSA) is 49.3 Å².